The van der Waals surface area contributed by atoms with Gasteiger partial charge in [0.25, 0.3) is 0 Å². The smallest absolute Gasteiger partial charge is 0.223 e. The molecule has 4 unspecified atom stereocenters. The Morgan fingerprint density at radius 3 is 1.25 bits per heavy atom. The summed E-state index contributed by atoms with van der Waals surface area (Å²) in [4.78, 5) is 51.2. The molecular formula is C42H70N4O6. The molecule has 0 aromatic rings. The van der Waals surface area contributed by atoms with Gasteiger partial charge in [0.05, 0.1) is 24.4 Å². The zero-order valence-electron chi connectivity index (χ0n) is 32.3. The van der Waals surface area contributed by atoms with E-state index in [4.69, 9.17) is 9.47 Å². The standard InChI is InChI=1S/C42H70N4O6/c1-27(47)28-9-11-29(12-10-28)40(48)44-32-13-19-36(20-14-32)51-37-21-15-33(16-22-37)45-41(49)30-5-3-6-31(25-30)42(50)46-34-17-23-38(24-18-34)52-39-8-4-7-35(26-39)43-2/h28-39,43H,3-26H2,1-2H3,(H,44,48)(H,45,49)(H,46,50). The van der Waals surface area contributed by atoms with Crippen molar-refractivity contribution in [1.82, 2.24) is 21.3 Å². The van der Waals surface area contributed by atoms with Gasteiger partial charge in [-0.1, -0.05) is 6.42 Å². The van der Waals surface area contributed by atoms with E-state index in [1.54, 1.807) is 6.92 Å². The van der Waals surface area contributed by atoms with Crippen molar-refractivity contribution in [3.05, 3.63) is 0 Å². The van der Waals surface area contributed by atoms with E-state index in [1.807, 2.05) is 0 Å². The number of amides is 3. The van der Waals surface area contributed by atoms with Gasteiger partial charge in [-0.25, -0.2) is 0 Å². The van der Waals surface area contributed by atoms with Crippen LogP contribution < -0.4 is 21.3 Å². The van der Waals surface area contributed by atoms with Gasteiger partial charge in [0.2, 0.25) is 17.7 Å². The van der Waals surface area contributed by atoms with E-state index in [0.717, 1.165) is 128 Å². The molecule has 0 saturated heterocycles. The number of carbonyl (C=O) groups excluding carboxylic acids is 4. The fourth-order valence-corrected chi connectivity index (χ4v) is 10.5. The van der Waals surface area contributed by atoms with E-state index in [2.05, 4.69) is 28.3 Å². The lowest BCUT2D eigenvalue weighted by atomic mass is 9.79. The largest absolute Gasteiger partial charge is 0.375 e. The minimum atomic E-state index is -0.0780. The minimum Gasteiger partial charge on any atom is -0.375 e. The molecule has 10 heteroatoms. The van der Waals surface area contributed by atoms with Crippen molar-refractivity contribution in [3.63, 3.8) is 0 Å². The van der Waals surface area contributed by atoms with Crippen molar-refractivity contribution >= 4 is 23.5 Å². The first-order chi connectivity index (χ1) is 25.2. The second-order valence-corrected chi connectivity index (χ2v) is 17.7. The summed E-state index contributed by atoms with van der Waals surface area (Å²) in [6.45, 7) is 1.67. The Morgan fingerprint density at radius 2 is 0.808 bits per heavy atom. The SMILES string of the molecule is CNC1CCCC(OC2CCC(NC(=O)C3CCCC(C(=O)NC4CCC(OC5CCC(NC(=O)C6CCC(C(C)=O)CC6)CC5)CC4)C3)CC2)C1. The van der Waals surface area contributed by atoms with Crippen molar-refractivity contribution in [2.45, 2.75) is 210 Å². The molecule has 0 aromatic heterocycles. The van der Waals surface area contributed by atoms with Crippen LogP contribution in [0, 0.1) is 23.7 Å². The molecule has 0 bridgehead atoms. The quantitative estimate of drug-likeness (QED) is 0.193. The van der Waals surface area contributed by atoms with Crippen LogP contribution in [0.3, 0.4) is 0 Å². The Morgan fingerprint density at radius 1 is 0.404 bits per heavy atom. The van der Waals surface area contributed by atoms with Crippen LogP contribution in [-0.4, -0.2) is 79.1 Å². The van der Waals surface area contributed by atoms with Gasteiger partial charge in [0, 0.05) is 47.8 Å². The maximum Gasteiger partial charge on any atom is 0.223 e. The second kappa shape index (κ2) is 19.5. The molecule has 4 N–H and O–H groups in total. The fourth-order valence-electron chi connectivity index (χ4n) is 10.5. The first kappa shape index (κ1) is 39.6. The molecule has 6 aliphatic rings. The average molecular weight is 727 g/mol. The van der Waals surface area contributed by atoms with Gasteiger partial charge in [0.1, 0.15) is 5.78 Å². The average Bonchev–Trinajstić information content (AvgIpc) is 3.17. The summed E-state index contributed by atoms with van der Waals surface area (Å²) in [5, 5.41) is 13.4. The number of nitrogens with one attached hydrogen (secondary N) is 4. The van der Waals surface area contributed by atoms with Gasteiger partial charge >= 0.3 is 0 Å². The third-order valence-electron chi connectivity index (χ3n) is 14.0. The zero-order valence-corrected chi connectivity index (χ0v) is 32.3. The summed E-state index contributed by atoms with van der Waals surface area (Å²) < 4.78 is 13.0. The summed E-state index contributed by atoms with van der Waals surface area (Å²) in [7, 11) is 2.05. The van der Waals surface area contributed by atoms with Crippen LogP contribution in [0.1, 0.15) is 161 Å². The van der Waals surface area contributed by atoms with Crippen LogP contribution in [0.15, 0.2) is 0 Å². The lowest BCUT2D eigenvalue weighted by Gasteiger charge is -2.36. The number of rotatable bonds is 12. The summed E-state index contributed by atoms with van der Waals surface area (Å²) >= 11 is 0. The van der Waals surface area contributed by atoms with Crippen molar-refractivity contribution in [3.8, 4) is 0 Å². The number of ketones is 1. The third-order valence-corrected chi connectivity index (χ3v) is 14.0. The molecule has 6 fully saturated rings. The highest BCUT2D eigenvalue weighted by atomic mass is 16.5. The van der Waals surface area contributed by atoms with E-state index < -0.39 is 0 Å². The Kier molecular flexibility index (Phi) is 14.9. The predicted octanol–water partition coefficient (Wildman–Crippen LogP) is 6.03. The highest BCUT2D eigenvalue weighted by molar-refractivity contribution is 5.83. The Hall–Kier alpha value is -2.04. The van der Waals surface area contributed by atoms with Gasteiger partial charge in [-0.05, 0) is 162 Å². The Balaban J connectivity index is 0.823. The summed E-state index contributed by atoms with van der Waals surface area (Å²) in [5.74, 6) is 0.770. The molecule has 4 atom stereocenters. The number of carbonyl (C=O) groups is 4. The fraction of sp³-hybridized carbons (Fsp3) is 0.905. The lowest BCUT2D eigenvalue weighted by Crippen LogP contribution is -2.46. The molecule has 3 amide bonds. The van der Waals surface area contributed by atoms with E-state index >= 15 is 0 Å². The number of Topliss-reactive ketones (excluding diaryl/α,β-unsaturated/α-hetero) is 1. The first-order valence-electron chi connectivity index (χ1n) is 21.6. The van der Waals surface area contributed by atoms with E-state index in [1.165, 1.54) is 19.3 Å². The van der Waals surface area contributed by atoms with Crippen molar-refractivity contribution in [2.24, 2.45) is 23.7 Å². The molecule has 0 radical (unpaired) electrons. The molecule has 6 aliphatic carbocycles. The highest BCUT2D eigenvalue weighted by Gasteiger charge is 2.36. The third kappa shape index (κ3) is 11.5. The van der Waals surface area contributed by atoms with Crippen LogP contribution in [0.4, 0.5) is 0 Å². The van der Waals surface area contributed by atoms with Crippen LogP contribution in [-0.2, 0) is 28.7 Å². The van der Waals surface area contributed by atoms with E-state index in [9.17, 15) is 19.2 Å². The maximum absolute atomic E-state index is 13.4. The normalized spacial score (nSPS) is 38.8. The van der Waals surface area contributed by atoms with Gasteiger partial charge in [-0.2, -0.15) is 0 Å². The summed E-state index contributed by atoms with van der Waals surface area (Å²) in [6, 6.07) is 1.22. The zero-order chi connectivity index (χ0) is 36.5. The first-order valence-corrected chi connectivity index (χ1v) is 21.6. The predicted molar refractivity (Wildman–Crippen MR) is 201 cm³/mol. The van der Waals surface area contributed by atoms with E-state index in [0.29, 0.717) is 24.7 Å². The number of ether oxygens (including phenoxy) is 2. The van der Waals surface area contributed by atoms with Crippen LogP contribution in [0.2, 0.25) is 0 Å². The lowest BCUT2D eigenvalue weighted by molar-refractivity contribution is -0.131. The van der Waals surface area contributed by atoms with Gasteiger partial charge < -0.3 is 30.7 Å². The molecule has 0 aromatic carbocycles. The van der Waals surface area contributed by atoms with E-state index in [-0.39, 0.29) is 77.5 Å². The molecule has 294 valence electrons. The van der Waals surface area contributed by atoms with Crippen molar-refractivity contribution in [1.29, 1.82) is 0 Å². The monoisotopic (exact) mass is 727 g/mol. The molecule has 6 saturated carbocycles. The maximum atomic E-state index is 13.4. The summed E-state index contributed by atoms with van der Waals surface area (Å²) in [6.07, 6.45) is 24.3. The van der Waals surface area contributed by atoms with Gasteiger partial charge in [-0.3, -0.25) is 19.2 Å². The van der Waals surface area contributed by atoms with Crippen LogP contribution in [0.25, 0.3) is 0 Å². The second-order valence-electron chi connectivity index (χ2n) is 17.7. The van der Waals surface area contributed by atoms with Gasteiger partial charge in [-0.15, -0.1) is 0 Å². The van der Waals surface area contributed by atoms with Crippen molar-refractivity contribution in [2.75, 3.05) is 7.05 Å². The minimum absolute atomic E-state index is 0.0540. The van der Waals surface area contributed by atoms with Gasteiger partial charge in [0.15, 0.2) is 0 Å². The molecule has 0 spiro atoms. The molecule has 0 heterocycles. The number of hydrogen-bond donors (Lipinski definition) is 4. The van der Waals surface area contributed by atoms with Crippen LogP contribution >= 0.6 is 0 Å². The Bertz CT molecular complexity index is 1170. The molecule has 10 nitrogen and oxygen atoms in total. The summed E-state index contributed by atoms with van der Waals surface area (Å²) in [5.41, 5.74) is 0. The topological polar surface area (TPSA) is 135 Å². The van der Waals surface area contributed by atoms with Crippen LogP contribution in [0.5, 0.6) is 0 Å². The molecule has 0 aliphatic heterocycles. The number of hydrogen-bond acceptors (Lipinski definition) is 7. The molecule has 6 rings (SSSR count). The van der Waals surface area contributed by atoms with Crippen molar-refractivity contribution < 1.29 is 28.7 Å². The highest BCUT2D eigenvalue weighted by Crippen LogP contribution is 2.34. The molecular weight excluding hydrogens is 656 g/mol. The molecule has 52 heavy (non-hydrogen) atoms. The Labute approximate surface area is 313 Å².